The van der Waals surface area contributed by atoms with Gasteiger partial charge in [-0.15, -0.1) is 0 Å². The zero-order valence-electron chi connectivity index (χ0n) is 18.7. The van der Waals surface area contributed by atoms with Gasteiger partial charge in [-0.3, -0.25) is 9.88 Å². The first kappa shape index (κ1) is 22.7. The topological polar surface area (TPSA) is 79.8 Å². The zero-order chi connectivity index (χ0) is 22.7. The summed E-state index contributed by atoms with van der Waals surface area (Å²) in [7, 11) is -1.09. The van der Waals surface area contributed by atoms with Crippen LogP contribution in [0.15, 0.2) is 47.5 Å². The van der Waals surface area contributed by atoms with Gasteiger partial charge in [-0.25, -0.2) is 13.2 Å². The Bertz CT molecular complexity index is 1030. The molecule has 2 heterocycles. The second-order valence-corrected chi connectivity index (χ2v) is 10.9. The maximum absolute atomic E-state index is 12.2. The highest BCUT2D eigenvalue weighted by Gasteiger charge is 2.29. The Morgan fingerprint density at radius 2 is 1.72 bits per heavy atom. The molecule has 0 radical (unpaired) electrons. The van der Waals surface area contributed by atoms with E-state index < -0.39 is 9.84 Å². The summed E-state index contributed by atoms with van der Waals surface area (Å²) in [6.07, 6.45) is 8.05. The maximum Gasteiger partial charge on any atom is 0.410 e. The highest BCUT2D eigenvalue weighted by Crippen LogP contribution is 2.25. The molecule has 2 aromatic rings. The molecule has 8 heteroatoms. The Balaban J connectivity index is 1.28. The van der Waals surface area contributed by atoms with Gasteiger partial charge in [0.2, 0.25) is 0 Å². The molecular formula is C24H31N3O4S. The van der Waals surface area contributed by atoms with Crippen LogP contribution in [-0.4, -0.2) is 67.8 Å². The molecule has 1 aromatic carbocycles. The summed E-state index contributed by atoms with van der Waals surface area (Å²) in [6.45, 7) is 2.21. The number of amides is 1. The van der Waals surface area contributed by atoms with Gasteiger partial charge in [0.1, 0.15) is 6.10 Å². The molecule has 4 rings (SSSR count). The number of hydrogen-bond acceptors (Lipinski definition) is 6. The number of likely N-dealkylation sites (tertiary alicyclic amines) is 1. The van der Waals surface area contributed by atoms with Gasteiger partial charge in [0.15, 0.2) is 9.84 Å². The quantitative estimate of drug-likeness (QED) is 0.658. The highest BCUT2D eigenvalue weighted by molar-refractivity contribution is 7.90. The van der Waals surface area contributed by atoms with Crippen LogP contribution in [0, 0.1) is 0 Å². The number of hydrogen-bond donors (Lipinski definition) is 0. The third-order valence-corrected chi connectivity index (χ3v) is 7.65. The van der Waals surface area contributed by atoms with Crippen molar-refractivity contribution in [2.45, 2.75) is 55.7 Å². The lowest BCUT2D eigenvalue weighted by Crippen LogP contribution is -2.46. The third-order valence-electron chi connectivity index (χ3n) is 6.52. The number of rotatable bonds is 6. The number of pyridine rings is 1. The summed E-state index contributed by atoms with van der Waals surface area (Å²) in [5.41, 5.74) is 2.87. The standard InChI is InChI=1S/C24H31N3O4S/c1-26(21-12-14-27(15-13-21)24(28)31-22-4-3-5-22)17-20-9-6-19(16-25-20)18-7-10-23(11-8-18)32(2,29)30/h6-11,16,21-22H,3-5,12-15,17H2,1-2H3. The molecule has 2 fully saturated rings. The van der Waals surface area contributed by atoms with E-state index in [1.54, 1.807) is 12.1 Å². The van der Waals surface area contributed by atoms with Crippen LogP contribution in [0.3, 0.4) is 0 Å². The fourth-order valence-corrected chi connectivity index (χ4v) is 4.79. The van der Waals surface area contributed by atoms with E-state index in [4.69, 9.17) is 4.74 Å². The molecular weight excluding hydrogens is 426 g/mol. The molecule has 1 saturated carbocycles. The summed E-state index contributed by atoms with van der Waals surface area (Å²) in [4.78, 5) is 21.3. The minimum Gasteiger partial charge on any atom is -0.446 e. The summed E-state index contributed by atoms with van der Waals surface area (Å²) < 4.78 is 28.8. The molecule has 1 aliphatic heterocycles. The first-order valence-corrected chi connectivity index (χ1v) is 13.1. The molecule has 1 saturated heterocycles. The Morgan fingerprint density at radius 3 is 2.25 bits per heavy atom. The lowest BCUT2D eigenvalue weighted by atomic mass is 9.96. The zero-order valence-corrected chi connectivity index (χ0v) is 19.6. The number of sulfone groups is 1. The summed E-state index contributed by atoms with van der Waals surface area (Å²) in [5.74, 6) is 0. The minimum absolute atomic E-state index is 0.134. The number of piperidine rings is 1. The lowest BCUT2D eigenvalue weighted by molar-refractivity contribution is 0.0175. The van der Waals surface area contributed by atoms with Crippen LogP contribution in [0.25, 0.3) is 11.1 Å². The molecule has 0 spiro atoms. The number of ether oxygens (including phenoxy) is 1. The molecule has 7 nitrogen and oxygen atoms in total. The highest BCUT2D eigenvalue weighted by atomic mass is 32.2. The van der Waals surface area contributed by atoms with E-state index in [9.17, 15) is 13.2 Å². The van der Waals surface area contributed by atoms with Gasteiger partial charge in [0.25, 0.3) is 0 Å². The monoisotopic (exact) mass is 457 g/mol. The van der Waals surface area contributed by atoms with E-state index in [1.165, 1.54) is 6.26 Å². The lowest BCUT2D eigenvalue weighted by Gasteiger charge is -2.37. The second-order valence-electron chi connectivity index (χ2n) is 8.90. The van der Waals surface area contributed by atoms with Gasteiger partial charge in [0.05, 0.1) is 10.6 Å². The predicted molar refractivity (Wildman–Crippen MR) is 123 cm³/mol. The van der Waals surface area contributed by atoms with Gasteiger partial charge in [-0.1, -0.05) is 18.2 Å². The molecule has 0 N–H and O–H groups in total. The number of carbonyl (C=O) groups is 1. The first-order valence-electron chi connectivity index (χ1n) is 11.2. The molecule has 1 aromatic heterocycles. The number of benzene rings is 1. The van der Waals surface area contributed by atoms with Crippen LogP contribution >= 0.6 is 0 Å². The van der Waals surface area contributed by atoms with Gasteiger partial charge in [-0.05, 0) is 62.9 Å². The van der Waals surface area contributed by atoms with Crippen LogP contribution < -0.4 is 0 Å². The Kier molecular flexibility index (Phi) is 6.81. The molecule has 1 aliphatic carbocycles. The third kappa shape index (κ3) is 5.48. The van der Waals surface area contributed by atoms with E-state index in [1.807, 2.05) is 35.4 Å². The van der Waals surface area contributed by atoms with E-state index in [0.29, 0.717) is 10.9 Å². The van der Waals surface area contributed by atoms with Crippen LogP contribution in [0.5, 0.6) is 0 Å². The Morgan fingerprint density at radius 1 is 1.06 bits per heavy atom. The summed E-state index contributed by atoms with van der Waals surface area (Å²) in [6, 6.07) is 11.3. The molecule has 0 unspecified atom stereocenters. The number of nitrogens with zero attached hydrogens (tertiary/aromatic N) is 3. The SMILES string of the molecule is CN(Cc1ccc(-c2ccc(S(C)(=O)=O)cc2)cn1)C1CCN(C(=O)OC2CCC2)CC1. The summed E-state index contributed by atoms with van der Waals surface area (Å²) in [5, 5.41) is 0. The largest absolute Gasteiger partial charge is 0.446 e. The summed E-state index contributed by atoms with van der Waals surface area (Å²) >= 11 is 0. The first-order chi connectivity index (χ1) is 15.3. The van der Waals surface area contributed by atoms with Crippen molar-refractivity contribution in [3.05, 3.63) is 48.3 Å². The fourth-order valence-electron chi connectivity index (χ4n) is 4.16. The van der Waals surface area contributed by atoms with Crippen molar-refractivity contribution in [2.75, 3.05) is 26.4 Å². The average Bonchev–Trinajstić information content (AvgIpc) is 2.76. The van der Waals surface area contributed by atoms with E-state index in [-0.39, 0.29) is 12.2 Å². The number of carbonyl (C=O) groups excluding carboxylic acids is 1. The second kappa shape index (κ2) is 9.58. The van der Waals surface area contributed by atoms with Gasteiger partial charge in [-0.2, -0.15) is 0 Å². The molecule has 0 atom stereocenters. The smallest absolute Gasteiger partial charge is 0.410 e. The van der Waals surface area contributed by atoms with Gasteiger partial charge in [0, 0.05) is 43.7 Å². The molecule has 32 heavy (non-hydrogen) atoms. The van der Waals surface area contributed by atoms with Crippen molar-refractivity contribution in [1.29, 1.82) is 0 Å². The van der Waals surface area contributed by atoms with Crippen LogP contribution in [-0.2, 0) is 21.1 Å². The molecule has 0 bridgehead atoms. The maximum atomic E-state index is 12.2. The Hall–Kier alpha value is -2.45. The Labute approximate surface area is 190 Å². The van der Waals surface area contributed by atoms with Crippen molar-refractivity contribution in [2.24, 2.45) is 0 Å². The van der Waals surface area contributed by atoms with Crippen molar-refractivity contribution in [3.63, 3.8) is 0 Å². The van der Waals surface area contributed by atoms with Gasteiger partial charge >= 0.3 is 6.09 Å². The minimum atomic E-state index is -3.20. The van der Waals surface area contributed by atoms with Gasteiger partial charge < -0.3 is 9.64 Å². The van der Waals surface area contributed by atoms with Crippen LogP contribution in [0.4, 0.5) is 4.79 Å². The number of aromatic nitrogens is 1. The predicted octanol–water partition coefficient (Wildman–Crippen LogP) is 3.74. The van der Waals surface area contributed by atoms with Crippen molar-refractivity contribution >= 4 is 15.9 Å². The van der Waals surface area contributed by atoms with E-state index in [2.05, 4.69) is 16.9 Å². The normalized spacial score (nSPS) is 17.9. The molecule has 172 valence electrons. The van der Waals surface area contributed by atoms with Crippen molar-refractivity contribution in [1.82, 2.24) is 14.8 Å². The molecule has 2 aliphatic rings. The van der Waals surface area contributed by atoms with Crippen molar-refractivity contribution in [3.8, 4) is 11.1 Å². The molecule has 1 amide bonds. The van der Waals surface area contributed by atoms with Crippen LogP contribution in [0.2, 0.25) is 0 Å². The van der Waals surface area contributed by atoms with E-state index in [0.717, 1.165) is 68.6 Å². The van der Waals surface area contributed by atoms with Crippen LogP contribution in [0.1, 0.15) is 37.8 Å². The fraction of sp³-hybridized carbons (Fsp3) is 0.500. The average molecular weight is 458 g/mol. The van der Waals surface area contributed by atoms with Crippen molar-refractivity contribution < 1.29 is 17.9 Å². The van der Waals surface area contributed by atoms with E-state index >= 15 is 0 Å².